The third-order valence-electron chi connectivity index (χ3n) is 8.91. The van der Waals surface area contributed by atoms with E-state index in [0.717, 1.165) is 74.7 Å². The van der Waals surface area contributed by atoms with E-state index in [1.54, 1.807) is 75.4 Å². The number of aromatic nitrogens is 3. The molecule has 64 heavy (non-hydrogen) atoms. The average molecular weight is 920 g/mol. The van der Waals surface area contributed by atoms with Crippen LogP contribution in [0, 0.1) is 0 Å². The number of nitrogens with one attached hydrogen (secondary N) is 1. The average Bonchev–Trinajstić information content (AvgIpc) is 3.96. The van der Waals surface area contributed by atoms with Crippen LogP contribution in [0.1, 0.15) is 97.7 Å². The van der Waals surface area contributed by atoms with Gasteiger partial charge in [0.05, 0.1) is 12.1 Å². The predicted octanol–water partition coefficient (Wildman–Crippen LogP) is 12.2. The number of alkyl carbamates (subject to hydrolysis) is 1. The fraction of sp³-hybridized carbons (Fsp3) is 0.435. The maximum Gasteiger partial charge on any atom is 0.407 e. The zero-order valence-electron chi connectivity index (χ0n) is 37.0. The zero-order valence-corrected chi connectivity index (χ0v) is 37.8. The van der Waals surface area contributed by atoms with Crippen molar-refractivity contribution >= 4 is 51.8 Å². The molecule has 0 aliphatic rings. The van der Waals surface area contributed by atoms with Crippen molar-refractivity contribution in [2.24, 2.45) is 5.73 Å². The number of unbranched alkanes of at least 4 members (excludes halogenated alkanes) is 3. The number of phenols is 1. The standard InChI is InChI=1S/C20H26F2N2O4.C15H18F2N2O2.C11H13NO2.ClH/c1-5-6-7-17-24-15-9-8-14(10-16(15)27-17)26-12-13(18(21)22)11-23-19(25)28-20(2,3)4;1-2-3-4-14-19-12-6-5-11(7-13(12)21-14)20-9-10(8-18)15(16)17;1-2-3-4-11-12-9-6-5-8(13)7-10(9)14-11;/h8-10H,5-7,11-12H2,1-4H3,(H,23,25);5-7H,2-4,8-9,18H2,1H3;5-7,13H,2-4H2,1H3;1H. The van der Waals surface area contributed by atoms with Gasteiger partial charge in [0.15, 0.2) is 34.4 Å². The molecule has 0 aliphatic heterocycles. The lowest BCUT2D eigenvalue weighted by Crippen LogP contribution is -2.34. The van der Waals surface area contributed by atoms with E-state index in [0.29, 0.717) is 45.5 Å². The van der Waals surface area contributed by atoms with E-state index in [4.69, 9.17) is 33.2 Å². The van der Waals surface area contributed by atoms with Gasteiger partial charge < -0.3 is 43.6 Å². The highest BCUT2D eigenvalue weighted by molar-refractivity contribution is 5.85. The van der Waals surface area contributed by atoms with Gasteiger partial charge in [-0.25, -0.2) is 19.7 Å². The molecule has 1 amide bonds. The number of phenolic OH excluding ortho intramolecular Hbond substituents is 1. The molecule has 0 bridgehead atoms. The molecule has 3 aromatic heterocycles. The van der Waals surface area contributed by atoms with Gasteiger partial charge in [0, 0.05) is 49.6 Å². The molecule has 4 N–H and O–H groups in total. The highest BCUT2D eigenvalue weighted by Gasteiger charge is 2.18. The van der Waals surface area contributed by atoms with E-state index < -0.39 is 23.9 Å². The van der Waals surface area contributed by atoms with Gasteiger partial charge in [-0.2, -0.15) is 17.6 Å². The molecular weight excluding hydrogens is 862 g/mol. The first-order valence-corrected chi connectivity index (χ1v) is 21.0. The Morgan fingerprint density at radius 1 is 0.672 bits per heavy atom. The number of rotatable bonds is 18. The summed E-state index contributed by atoms with van der Waals surface area (Å²) in [7, 11) is 0. The van der Waals surface area contributed by atoms with Gasteiger partial charge in [0.2, 0.25) is 0 Å². The van der Waals surface area contributed by atoms with Crippen LogP contribution in [0.2, 0.25) is 0 Å². The maximum atomic E-state index is 13.1. The summed E-state index contributed by atoms with van der Waals surface area (Å²) in [6.07, 6.45) is 4.24. The van der Waals surface area contributed by atoms with Gasteiger partial charge in [-0.3, -0.25) is 0 Å². The Kier molecular flexibility index (Phi) is 21.4. The number of amides is 1. The van der Waals surface area contributed by atoms with Crippen molar-refractivity contribution in [3.63, 3.8) is 0 Å². The van der Waals surface area contributed by atoms with Crippen LogP contribution in [0.4, 0.5) is 22.4 Å². The number of carbonyl (C=O) groups excluding carboxylic acids is 1. The summed E-state index contributed by atoms with van der Waals surface area (Å²) < 4.78 is 83.8. The van der Waals surface area contributed by atoms with Crippen LogP contribution in [0.5, 0.6) is 17.2 Å². The summed E-state index contributed by atoms with van der Waals surface area (Å²) in [6, 6.07) is 15.0. The number of carbonyl (C=O) groups is 1. The summed E-state index contributed by atoms with van der Waals surface area (Å²) in [5.74, 6) is 3.13. The number of oxazole rings is 3. The molecule has 3 heterocycles. The van der Waals surface area contributed by atoms with E-state index in [9.17, 15) is 27.5 Å². The highest BCUT2D eigenvalue weighted by atomic mass is 35.5. The van der Waals surface area contributed by atoms with Gasteiger partial charge in [0.1, 0.15) is 52.6 Å². The lowest BCUT2D eigenvalue weighted by molar-refractivity contribution is 0.0531. The number of aromatic hydroxyl groups is 1. The minimum atomic E-state index is -1.90. The summed E-state index contributed by atoms with van der Waals surface area (Å²) in [5, 5.41) is 11.5. The van der Waals surface area contributed by atoms with Crippen molar-refractivity contribution in [2.75, 3.05) is 26.3 Å². The normalized spacial score (nSPS) is 10.9. The molecule has 0 saturated heterocycles. The Morgan fingerprint density at radius 3 is 1.47 bits per heavy atom. The Bertz CT molecular complexity index is 2440. The molecule has 13 nitrogen and oxygen atoms in total. The molecule has 18 heteroatoms. The van der Waals surface area contributed by atoms with Crippen molar-refractivity contribution in [3.05, 3.63) is 95.6 Å². The van der Waals surface area contributed by atoms with Gasteiger partial charge in [-0.1, -0.05) is 40.0 Å². The van der Waals surface area contributed by atoms with E-state index >= 15 is 0 Å². The molecule has 0 radical (unpaired) electrons. The molecule has 0 saturated carbocycles. The second kappa shape index (κ2) is 26.1. The second-order valence-corrected chi connectivity index (χ2v) is 15.4. The second-order valence-electron chi connectivity index (χ2n) is 15.4. The maximum absolute atomic E-state index is 13.1. The van der Waals surface area contributed by atoms with Crippen molar-refractivity contribution in [3.8, 4) is 17.2 Å². The monoisotopic (exact) mass is 919 g/mol. The number of hydrogen-bond donors (Lipinski definition) is 3. The quantitative estimate of drug-likeness (QED) is 0.0695. The van der Waals surface area contributed by atoms with Crippen molar-refractivity contribution in [2.45, 2.75) is 105 Å². The molecule has 0 spiro atoms. The summed E-state index contributed by atoms with van der Waals surface area (Å²) in [6.45, 7) is 10.2. The predicted molar refractivity (Wildman–Crippen MR) is 240 cm³/mol. The smallest absolute Gasteiger partial charge is 0.407 e. The molecule has 0 unspecified atom stereocenters. The molecule has 0 aliphatic carbocycles. The van der Waals surface area contributed by atoms with Crippen LogP contribution in [0.15, 0.2) is 91.2 Å². The number of aryl methyl sites for hydroxylation is 3. The first-order chi connectivity index (χ1) is 30.1. The minimum absolute atomic E-state index is 0. The van der Waals surface area contributed by atoms with E-state index in [1.165, 1.54) is 0 Å². The van der Waals surface area contributed by atoms with Crippen molar-refractivity contribution in [1.29, 1.82) is 0 Å². The summed E-state index contributed by atoms with van der Waals surface area (Å²) >= 11 is 0. The lowest BCUT2D eigenvalue weighted by atomic mass is 10.2. The van der Waals surface area contributed by atoms with Crippen LogP contribution in [0.25, 0.3) is 33.3 Å². The van der Waals surface area contributed by atoms with Crippen molar-refractivity contribution < 1.29 is 54.9 Å². The molecule has 6 rings (SSSR count). The molecular formula is C46H58ClF4N5O8. The SMILES string of the molecule is CCCCc1nc2ccc(O)cc2o1.CCCCc1nc2ccc(OCC(CN)=C(F)F)cc2o1.CCCCc1nc2ccc(OCC(CNC(=O)OC(C)(C)C)=C(F)F)cc2o1.Cl. The number of fused-ring (bicyclic) bond motifs is 3. The van der Waals surface area contributed by atoms with Gasteiger partial charge in [-0.05, 0) is 76.4 Å². The third kappa shape index (κ3) is 17.4. The van der Waals surface area contributed by atoms with Crippen LogP contribution in [-0.4, -0.2) is 58.1 Å². The number of nitrogens with zero attached hydrogens (tertiary/aromatic N) is 3. The van der Waals surface area contributed by atoms with E-state index in [2.05, 4.69) is 41.0 Å². The van der Waals surface area contributed by atoms with Gasteiger partial charge in [-0.15, -0.1) is 12.4 Å². The van der Waals surface area contributed by atoms with Gasteiger partial charge in [0.25, 0.3) is 12.2 Å². The Hall–Kier alpha value is -5.81. The molecule has 0 atom stereocenters. The molecule has 0 fully saturated rings. The summed E-state index contributed by atoms with van der Waals surface area (Å²) in [5.41, 5.74) is 8.02. The number of benzene rings is 3. The number of ether oxygens (including phenoxy) is 3. The summed E-state index contributed by atoms with van der Waals surface area (Å²) in [4.78, 5) is 24.7. The van der Waals surface area contributed by atoms with Crippen LogP contribution in [-0.2, 0) is 24.0 Å². The van der Waals surface area contributed by atoms with E-state index in [1.807, 2.05) is 0 Å². The van der Waals surface area contributed by atoms with Crippen LogP contribution >= 0.6 is 12.4 Å². The Balaban J connectivity index is 0.000000267. The molecule has 6 aromatic rings. The minimum Gasteiger partial charge on any atom is -0.508 e. The van der Waals surface area contributed by atoms with Gasteiger partial charge >= 0.3 is 6.09 Å². The fourth-order valence-corrected chi connectivity index (χ4v) is 5.55. The van der Waals surface area contributed by atoms with Crippen LogP contribution in [0.3, 0.4) is 0 Å². The fourth-order valence-electron chi connectivity index (χ4n) is 5.55. The van der Waals surface area contributed by atoms with E-state index in [-0.39, 0.29) is 55.6 Å². The zero-order chi connectivity index (χ0) is 45.9. The topological polar surface area (TPSA) is 181 Å². The lowest BCUT2D eigenvalue weighted by Gasteiger charge is -2.20. The molecule has 350 valence electrons. The Labute approximate surface area is 375 Å². The third-order valence-corrected chi connectivity index (χ3v) is 8.91. The number of hydrogen-bond acceptors (Lipinski definition) is 12. The van der Waals surface area contributed by atoms with Crippen molar-refractivity contribution in [1.82, 2.24) is 20.3 Å². The van der Waals surface area contributed by atoms with Crippen LogP contribution < -0.4 is 20.5 Å². The molecule has 3 aromatic carbocycles. The first kappa shape index (κ1) is 52.5. The largest absolute Gasteiger partial charge is 0.508 e. The number of nitrogens with two attached hydrogens (primary N) is 1. The first-order valence-electron chi connectivity index (χ1n) is 21.0. The highest BCUT2D eigenvalue weighted by Crippen LogP contribution is 2.25. The Morgan fingerprint density at radius 2 is 1.08 bits per heavy atom. The number of halogens is 5.